The number of carbonyl (C=O) groups is 1. The van der Waals surface area contributed by atoms with E-state index in [9.17, 15) is 14.4 Å². The van der Waals surface area contributed by atoms with Crippen LogP contribution in [0.15, 0.2) is 44.6 Å². The fourth-order valence-corrected chi connectivity index (χ4v) is 2.61. The zero-order chi connectivity index (χ0) is 14.3. The first-order chi connectivity index (χ1) is 9.58. The number of fused-ring (bicyclic) bond motifs is 1. The summed E-state index contributed by atoms with van der Waals surface area (Å²) in [7, 11) is 0. The molecule has 0 aliphatic rings. The van der Waals surface area contributed by atoms with E-state index in [0.29, 0.717) is 16.7 Å². The molecule has 6 nitrogen and oxygen atoms in total. The van der Waals surface area contributed by atoms with E-state index < -0.39 is 17.1 Å². The zero-order valence-corrected chi connectivity index (χ0v) is 10.8. The molecule has 3 aromatic rings. The second-order valence-corrected chi connectivity index (χ2v) is 4.89. The SMILES string of the molecule is O=C(O)c1ccc2c(c1)[nH]c(=O)c(=O)n2-c1ccsc1. The monoisotopic (exact) mass is 288 g/mol. The van der Waals surface area contributed by atoms with Crippen molar-refractivity contribution < 1.29 is 9.90 Å². The summed E-state index contributed by atoms with van der Waals surface area (Å²) in [6.07, 6.45) is 0. The molecule has 20 heavy (non-hydrogen) atoms. The number of aromatic amines is 1. The predicted molar refractivity (Wildman–Crippen MR) is 75.0 cm³/mol. The van der Waals surface area contributed by atoms with E-state index >= 15 is 0 Å². The topological polar surface area (TPSA) is 92.2 Å². The van der Waals surface area contributed by atoms with Crippen molar-refractivity contribution >= 4 is 28.3 Å². The Balaban J connectivity index is 2.45. The second-order valence-electron chi connectivity index (χ2n) is 4.11. The van der Waals surface area contributed by atoms with Gasteiger partial charge >= 0.3 is 17.1 Å². The fraction of sp³-hybridized carbons (Fsp3) is 0. The minimum absolute atomic E-state index is 0.0451. The lowest BCUT2D eigenvalue weighted by atomic mass is 10.2. The molecule has 0 atom stereocenters. The molecule has 1 aromatic carbocycles. The van der Waals surface area contributed by atoms with E-state index in [-0.39, 0.29) is 5.56 Å². The van der Waals surface area contributed by atoms with E-state index in [1.807, 2.05) is 0 Å². The summed E-state index contributed by atoms with van der Waals surface area (Å²) in [6.45, 7) is 0. The number of rotatable bonds is 2. The molecule has 0 unspecified atom stereocenters. The highest BCUT2D eigenvalue weighted by atomic mass is 32.1. The summed E-state index contributed by atoms with van der Waals surface area (Å²) in [5.41, 5.74) is -0.0910. The summed E-state index contributed by atoms with van der Waals surface area (Å²) in [6, 6.07) is 5.95. The van der Waals surface area contributed by atoms with Crippen LogP contribution in [0.4, 0.5) is 0 Å². The van der Waals surface area contributed by atoms with Gasteiger partial charge in [0.1, 0.15) is 0 Å². The van der Waals surface area contributed by atoms with Crippen molar-refractivity contribution in [1.29, 1.82) is 0 Å². The van der Waals surface area contributed by atoms with Gasteiger partial charge in [-0.3, -0.25) is 14.2 Å². The number of carboxylic acids is 1. The van der Waals surface area contributed by atoms with Crippen LogP contribution < -0.4 is 11.1 Å². The first kappa shape index (κ1) is 12.4. The number of benzene rings is 1. The van der Waals surface area contributed by atoms with Crippen molar-refractivity contribution in [3.63, 3.8) is 0 Å². The molecule has 0 radical (unpaired) electrons. The maximum atomic E-state index is 12.0. The third-order valence-electron chi connectivity index (χ3n) is 2.89. The average Bonchev–Trinajstić information content (AvgIpc) is 2.93. The minimum atomic E-state index is -1.10. The van der Waals surface area contributed by atoms with Gasteiger partial charge in [0.05, 0.1) is 22.3 Å². The molecule has 2 aromatic heterocycles. The molecule has 0 amide bonds. The highest BCUT2D eigenvalue weighted by Gasteiger charge is 2.12. The molecule has 0 bridgehead atoms. The first-order valence-electron chi connectivity index (χ1n) is 5.63. The molecule has 0 saturated carbocycles. The molecule has 2 N–H and O–H groups in total. The second kappa shape index (κ2) is 4.46. The van der Waals surface area contributed by atoms with Crippen LogP contribution in [0.3, 0.4) is 0 Å². The van der Waals surface area contributed by atoms with E-state index in [4.69, 9.17) is 5.11 Å². The number of aromatic nitrogens is 2. The number of aromatic carboxylic acids is 1. The number of nitrogens with zero attached hydrogens (tertiary/aromatic N) is 1. The van der Waals surface area contributed by atoms with Gasteiger partial charge in [-0.05, 0) is 29.6 Å². The van der Waals surface area contributed by atoms with Gasteiger partial charge in [-0.2, -0.15) is 11.3 Å². The Morgan fingerprint density at radius 2 is 2.05 bits per heavy atom. The average molecular weight is 288 g/mol. The Bertz CT molecular complexity index is 922. The van der Waals surface area contributed by atoms with Crippen molar-refractivity contribution in [2.45, 2.75) is 0 Å². The number of carboxylic acid groups (broad SMARTS) is 1. The zero-order valence-electron chi connectivity index (χ0n) is 9.99. The minimum Gasteiger partial charge on any atom is -0.478 e. The summed E-state index contributed by atoms with van der Waals surface area (Å²) in [5, 5.41) is 12.5. The smallest absolute Gasteiger partial charge is 0.335 e. The summed E-state index contributed by atoms with van der Waals surface area (Å²) >= 11 is 1.40. The first-order valence-corrected chi connectivity index (χ1v) is 6.57. The van der Waals surface area contributed by atoms with Crippen LogP contribution in [0.1, 0.15) is 10.4 Å². The Hall–Kier alpha value is -2.67. The Kier molecular flexibility index (Phi) is 2.76. The van der Waals surface area contributed by atoms with Crippen molar-refractivity contribution in [1.82, 2.24) is 9.55 Å². The molecular formula is C13H8N2O4S. The molecule has 7 heteroatoms. The van der Waals surface area contributed by atoms with Crippen LogP contribution in [-0.2, 0) is 0 Å². The van der Waals surface area contributed by atoms with Crippen LogP contribution in [0.25, 0.3) is 16.7 Å². The van der Waals surface area contributed by atoms with Crippen LogP contribution in [0.2, 0.25) is 0 Å². The van der Waals surface area contributed by atoms with Crippen molar-refractivity contribution in [3.05, 3.63) is 61.3 Å². The summed E-state index contributed by atoms with van der Waals surface area (Å²) in [4.78, 5) is 37.1. The lowest BCUT2D eigenvalue weighted by Crippen LogP contribution is -2.35. The van der Waals surface area contributed by atoms with Crippen LogP contribution in [0, 0.1) is 0 Å². The van der Waals surface area contributed by atoms with E-state index in [0.717, 1.165) is 0 Å². The normalized spacial score (nSPS) is 10.8. The van der Waals surface area contributed by atoms with E-state index in [1.165, 1.54) is 34.1 Å². The Morgan fingerprint density at radius 3 is 2.70 bits per heavy atom. The molecule has 0 fully saturated rings. The number of nitrogens with one attached hydrogen (secondary N) is 1. The predicted octanol–water partition coefficient (Wildman–Crippen LogP) is 1.44. The van der Waals surface area contributed by atoms with Gasteiger partial charge in [-0.1, -0.05) is 0 Å². The molecule has 2 heterocycles. The van der Waals surface area contributed by atoms with Crippen molar-refractivity contribution in [3.8, 4) is 5.69 Å². The van der Waals surface area contributed by atoms with Gasteiger partial charge in [0, 0.05) is 5.38 Å². The van der Waals surface area contributed by atoms with Gasteiger partial charge in [-0.25, -0.2) is 4.79 Å². The molecule has 0 saturated heterocycles. The van der Waals surface area contributed by atoms with Gasteiger partial charge in [-0.15, -0.1) is 0 Å². The van der Waals surface area contributed by atoms with Crippen LogP contribution >= 0.6 is 11.3 Å². The van der Waals surface area contributed by atoms with Gasteiger partial charge < -0.3 is 10.1 Å². The van der Waals surface area contributed by atoms with Crippen LogP contribution in [-0.4, -0.2) is 20.6 Å². The van der Waals surface area contributed by atoms with Gasteiger partial charge in [0.15, 0.2) is 0 Å². The van der Waals surface area contributed by atoms with E-state index in [1.54, 1.807) is 16.8 Å². The highest BCUT2D eigenvalue weighted by molar-refractivity contribution is 7.08. The number of thiophene rings is 1. The summed E-state index contributed by atoms with van der Waals surface area (Å²) in [5.74, 6) is -1.10. The number of hydrogen-bond donors (Lipinski definition) is 2. The lowest BCUT2D eigenvalue weighted by molar-refractivity contribution is 0.0697. The lowest BCUT2D eigenvalue weighted by Gasteiger charge is -2.08. The number of hydrogen-bond acceptors (Lipinski definition) is 4. The summed E-state index contributed by atoms with van der Waals surface area (Å²) < 4.78 is 1.27. The fourth-order valence-electron chi connectivity index (χ4n) is 1.99. The molecule has 3 rings (SSSR count). The molecular weight excluding hydrogens is 280 g/mol. The van der Waals surface area contributed by atoms with E-state index in [2.05, 4.69) is 4.98 Å². The van der Waals surface area contributed by atoms with Crippen molar-refractivity contribution in [2.24, 2.45) is 0 Å². The van der Waals surface area contributed by atoms with Crippen LogP contribution in [0.5, 0.6) is 0 Å². The largest absolute Gasteiger partial charge is 0.478 e. The quantitative estimate of drug-likeness (QED) is 0.698. The Labute approximate surface area is 115 Å². The molecule has 0 spiro atoms. The third kappa shape index (κ3) is 1.84. The maximum absolute atomic E-state index is 12.0. The Morgan fingerprint density at radius 1 is 1.25 bits per heavy atom. The third-order valence-corrected chi connectivity index (χ3v) is 3.57. The van der Waals surface area contributed by atoms with Crippen molar-refractivity contribution in [2.75, 3.05) is 0 Å². The van der Waals surface area contributed by atoms with Gasteiger partial charge in [0.2, 0.25) is 0 Å². The molecule has 0 aliphatic heterocycles. The number of H-pyrrole nitrogens is 1. The molecule has 100 valence electrons. The standard InChI is InChI=1S/C13H8N2O4S/c16-11-12(17)15(8-3-4-20-6-8)10-2-1-7(13(18)19)5-9(10)14-11/h1-6H,(H,14,16)(H,18,19). The maximum Gasteiger partial charge on any atom is 0.335 e. The van der Waals surface area contributed by atoms with Gasteiger partial charge in [0.25, 0.3) is 0 Å². The highest BCUT2D eigenvalue weighted by Crippen LogP contribution is 2.17. The molecule has 0 aliphatic carbocycles.